The fourth-order valence-corrected chi connectivity index (χ4v) is 3.32. The van der Waals surface area contributed by atoms with Crippen molar-refractivity contribution >= 4 is 15.8 Å². The highest BCUT2D eigenvalue weighted by molar-refractivity contribution is 7.90. The molecule has 1 heterocycles. The van der Waals surface area contributed by atoms with Gasteiger partial charge >= 0.3 is 5.97 Å². The van der Waals surface area contributed by atoms with Crippen molar-refractivity contribution in [3.05, 3.63) is 46.6 Å². The van der Waals surface area contributed by atoms with Gasteiger partial charge in [-0.1, -0.05) is 0 Å². The molecule has 1 aromatic carbocycles. The third kappa shape index (κ3) is 3.50. The van der Waals surface area contributed by atoms with Crippen molar-refractivity contribution < 1.29 is 27.8 Å². The maximum atomic E-state index is 12.4. The van der Waals surface area contributed by atoms with Gasteiger partial charge in [-0.15, -0.1) is 0 Å². The van der Waals surface area contributed by atoms with Crippen LogP contribution in [0, 0.1) is 11.3 Å². The summed E-state index contributed by atoms with van der Waals surface area (Å²) in [6.45, 7) is 3.17. The van der Waals surface area contributed by atoms with Crippen LogP contribution < -0.4 is 5.73 Å². The molecule has 2 rings (SSSR count). The number of phenolic OH excluding ortho intramolecular Hbond substituents is 1. The van der Waals surface area contributed by atoms with E-state index in [0.717, 1.165) is 6.26 Å². The van der Waals surface area contributed by atoms with E-state index >= 15 is 0 Å². The lowest BCUT2D eigenvalue weighted by molar-refractivity contribution is -0.139. The molecule has 1 aliphatic rings. The summed E-state index contributed by atoms with van der Waals surface area (Å²) >= 11 is 0. The van der Waals surface area contributed by atoms with E-state index in [9.17, 15) is 23.6 Å². The third-order valence-corrected chi connectivity index (χ3v) is 4.95. The van der Waals surface area contributed by atoms with Crippen LogP contribution in [-0.4, -0.2) is 32.4 Å². The zero-order valence-electron chi connectivity index (χ0n) is 14.4. The molecule has 0 spiro atoms. The Kier molecular flexibility index (Phi) is 5.28. The van der Waals surface area contributed by atoms with Gasteiger partial charge in [0, 0.05) is 11.8 Å². The number of sulfone groups is 1. The number of phenols is 1. The van der Waals surface area contributed by atoms with Crippen LogP contribution in [0.15, 0.2) is 45.9 Å². The Morgan fingerprint density at radius 3 is 2.65 bits per heavy atom. The van der Waals surface area contributed by atoms with E-state index in [1.54, 1.807) is 6.92 Å². The first kappa shape index (κ1) is 19.3. The fraction of sp³-hybridized carbons (Fsp3) is 0.294. The molecule has 0 radical (unpaired) electrons. The molecule has 26 heavy (non-hydrogen) atoms. The van der Waals surface area contributed by atoms with Crippen molar-refractivity contribution in [2.75, 3.05) is 12.9 Å². The molecule has 0 saturated carbocycles. The number of carbonyl (C=O) groups excluding carboxylic acids is 1. The molecule has 8 nitrogen and oxygen atoms in total. The number of nitrogens with zero attached hydrogens (tertiary/aromatic N) is 1. The molecule has 0 aromatic heterocycles. The first-order valence-electron chi connectivity index (χ1n) is 7.60. The van der Waals surface area contributed by atoms with Crippen molar-refractivity contribution in [2.24, 2.45) is 5.73 Å². The first-order valence-corrected chi connectivity index (χ1v) is 9.49. The average Bonchev–Trinajstić information content (AvgIpc) is 2.53. The Bertz CT molecular complexity index is 969. The highest BCUT2D eigenvalue weighted by Crippen LogP contribution is 2.43. The monoisotopic (exact) mass is 378 g/mol. The second-order valence-corrected chi connectivity index (χ2v) is 7.62. The minimum Gasteiger partial charge on any atom is -0.508 e. The molecule has 0 fully saturated rings. The number of benzene rings is 1. The summed E-state index contributed by atoms with van der Waals surface area (Å²) in [6, 6.07) is 5.48. The summed E-state index contributed by atoms with van der Waals surface area (Å²) in [7, 11) is -3.58. The Labute approximate surface area is 151 Å². The second kappa shape index (κ2) is 7.09. The van der Waals surface area contributed by atoms with Crippen molar-refractivity contribution in [1.82, 2.24) is 0 Å². The van der Waals surface area contributed by atoms with Gasteiger partial charge in [0.1, 0.15) is 23.2 Å². The van der Waals surface area contributed by atoms with Gasteiger partial charge in [0.05, 0.1) is 23.0 Å². The molecule has 3 N–H and O–H groups in total. The molecule has 9 heteroatoms. The van der Waals surface area contributed by atoms with Gasteiger partial charge in [0.2, 0.25) is 5.88 Å². The van der Waals surface area contributed by atoms with Crippen molar-refractivity contribution in [1.29, 1.82) is 5.26 Å². The molecule has 0 saturated heterocycles. The number of hydrogen-bond donors (Lipinski definition) is 2. The molecule has 0 bridgehead atoms. The van der Waals surface area contributed by atoms with Crippen molar-refractivity contribution in [2.45, 2.75) is 24.7 Å². The van der Waals surface area contributed by atoms with E-state index in [0.29, 0.717) is 0 Å². The quantitative estimate of drug-likeness (QED) is 0.750. The lowest BCUT2D eigenvalue weighted by atomic mass is 9.82. The topological polar surface area (TPSA) is 140 Å². The van der Waals surface area contributed by atoms with Crippen LogP contribution in [0.4, 0.5) is 0 Å². The minimum atomic E-state index is -3.58. The third-order valence-electron chi connectivity index (χ3n) is 3.84. The standard InChI is InChI=1S/C17H18N2O6S/c1-4-24-17(21)14-9(2)25-16(19)12(8-18)15(14)11-7-10(26(3,22)23)5-6-13(11)20/h5-7,15,20H,4,19H2,1-3H3. The van der Waals surface area contributed by atoms with E-state index in [4.69, 9.17) is 15.2 Å². The summed E-state index contributed by atoms with van der Waals surface area (Å²) in [5, 5.41) is 19.8. The van der Waals surface area contributed by atoms with Gasteiger partial charge in [-0.25, -0.2) is 13.2 Å². The average molecular weight is 378 g/mol. The number of esters is 1. The second-order valence-electron chi connectivity index (χ2n) is 5.61. The number of hydrogen-bond acceptors (Lipinski definition) is 8. The Morgan fingerprint density at radius 1 is 1.46 bits per heavy atom. The maximum Gasteiger partial charge on any atom is 0.338 e. The Balaban J connectivity index is 2.78. The predicted molar refractivity (Wildman–Crippen MR) is 91.2 cm³/mol. The highest BCUT2D eigenvalue weighted by atomic mass is 32.2. The zero-order chi connectivity index (χ0) is 19.6. The number of allylic oxidation sites excluding steroid dienone is 2. The maximum absolute atomic E-state index is 12.4. The smallest absolute Gasteiger partial charge is 0.338 e. The molecule has 1 aliphatic heterocycles. The summed E-state index contributed by atoms with van der Waals surface area (Å²) in [5.41, 5.74) is 5.65. The van der Waals surface area contributed by atoms with Gasteiger partial charge in [0.25, 0.3) is 0 Å². The first-order chi connectivity index (χ1) is 12.1. The zero-order valence-corrected chi connectivity index (χ0v) is 15.3. The van der Waals surface area contributed by atoms with Crippen LogP contribution in [0.25, 0.3) is 0 Å². The van der Waals surface area contributed by atoms with Crippen LogP contribution in [0.3, 0.4) is 0 Å². The summed E-state index contributed by atoms with van der Waals surface area (Å²) in [5.74, 6) is -2.28. The van der Waals surface area contributed by atoms with Crippen LogP contribution in [-0.2, 0) is 24.1 Å². The summed E-state index contributed by atoms with van der Waals surface area (Å²) in [4.78, 5) is 12.3. The number of rotatable bonds is 4. The van der Waals surface area contributed by atoms with Gasteiger partial charge in [0.15, 0.2) is 9.84 Å². The molecule has 0 aliphatic carbocycles. The SMILES string of the molecule is CCOC(=O)C1=C(C)OC(N)=C(C#N)C1c1cc(S(C)(=O)=O)ccc1O. The summed E-state index contributed by atoms with van der Waals surface area (Å²) in [6.07, 6.45) is 1.01. The number of nitrogens with two attached hydrogens (primary N) is 1. The van der Waals surface area contributed by atoms with E-state index in [-0.39, 0.29) is 45.6 Å². The highest BCUT2D eigenvalue weighted by Gasteiger charge is 2.38. The lowest BCUT2D eigenvalue weighted by Crippen LogP contribution is -2.25. The van der Waals surface area contributed by atoms with E-state index in [1.807, 2.05) is 6.07 Å². The number of nitriles is 1. The van der Waals surface area contributed by atoms with Crippen molar-refractivity contribution in [3.63, 3.8) is 0 Å². The fourth-order valence-electron chi connectivity index (χ4n) is 2.66. The molecule has 0 amide bonds. The van der Waals surface area contributed by atoms with Crippen LogP contribution >= 0.6 is 0 Å². The minimum absolute atomic E-state index is 0.0291. The molecule has 1 atom stereocenters. The van der Waals surface area contributed by atoms with Crippen LogP contribution in [0.1, 0.15) is 25.3 Å². The van der Waals surface area contributed by atoms with E-state index in [2.05, 4.69) is 0 Å². The molecule has 1 aromatic rings. The van der Waals surface area contributed by atoms with Gasteiger partial charge < -0.3 is 20.3 Å². The number of aromatic hydroxyl groups is 1. The molecular formula is C17H18N2O6S. The normalized spacial score (nSPS) is 17.5. The summed E-state index contributed by atoms with van der Waals surface area (Å²) < 4.78 is 34.0. The predicted octanol–water partition coefficient (Wildman–Crippen LogP) is 1.44. The molecule has 138 valence electrons. The van der Waals surface area contributed by atoms with E-state index < -0.39 is 21.7 Å². The van der Waals surface area contributed by atoms with Gasteiger partial charge in [-0.2, -0.15) is 5.26 Å². The van der Waals surface area contributed by atoms with E-state index in [1.165, 1.54) is 25.1 Å². The van der Waals surface area contributed by atoms with Gasteiger partial charge in [-0.05, 0) is 32.0 Å². The van der Waals surface area contributed by atoms with Crippen molar-refractivity contribution in [3.8, 4) is 11.8 Å². The number of ether oxygens (including phenoxy) is 2. The van der Waals surface area contributed by atoms with Crippen LogP contribution in [0.2, 0.25) is 0 Å². The largest absolute Gasteiger partial charge is 0.508 e. The lowest BCUT2D eigenvalue weighted by Gasteiger charge is -2.27. The Hall–Kier alpha value is -2.99. The van der Waals surface area contributed by atoms with Gasteiger partial charge in [-0.3, -0.25) is 0 Å². The Morgan fingerprint density at radius 2 is 2.12 bits per heavy atom. The number of carbonyl (C=O) groups is 1. The molecular weight excluding hydrogens is 360 g/mol. The van der Waals surface area contributed by atoms with Crippen LogP contribution in [0.5, 0.6) is 5.75 Å². The molecule has 1 unspecified atom stereocenters.